The molecule has 0 amide bonds. The molecule has 2 aliphatic heterocycles. The van der Waals surface area contributed by atoms with Gasteiger partial charge in [0.25, 0.3) is 0 Å². The molecule has 0 aromatic rings. The number of ether oxygens (including phenoxy) is 1. The van der Waals surface area contributed by atoms with Crippen molar-refractivity contribution in [3.63, 3.8) is 0 Å². The highest BCUT2D eigenvalue weighted by Gasteiger charge is 2.34. The summed E-state index contributed by atoms with van der Waals surface area (Å²) in [4.78, 5) is 2.61. The molecule has 16 heavy (non-hydrogen) atoms. The average molecular weight is 226 g/mol. The second-order valence-electron chi connectivity index (χ2n) is 6.16. The number of likely N-dealkylation sites (tertiary alicyclic amines) is 1. The number of hydrogen-bond acceptors (Lipinski definition) is 3. The van der Waals surface area contributed by atoms with Gasteiger partial charge in [0, 0.05) is 31.7 Å². The van der Waals surface area contributed by atoms with E-state index in [0.29, 0.717) is 17.4 Å². The van der Waals surface area contributed by atoms with Gasteiger partial charge in [-0.2, -0.15) is 0 Å². The van der Waals surface area contributed by atoms with Gasteiger partial charge >= 0.3 is 0 Å². The Labute approximate surface area is 99.3 Å². The fraction of sp³-hybridized carbons (Fsp3) is 1.00. The van der Waals surface area contributed by atoms with E-state index in [1.54, 1.807) is 0 Å². The third-order valence-electron chi connectivity index (χ3n) is 4.15. The molecule has 3 heteroatoms. The zero-order valence-corrected chi connectivity index (χ0v) is 10.7. The van der Waals surface area contributed by atoms with Gasteiger partial charge in [-0.15, -0.1) is 0 Å². The Kier molecular flexibility index (Phi) is 3.88. The van der Waals surface area contributed by atoms with E-state index < -0.39 is 0 Å². The third-order valence-corrected chi connectivity index (χ3v) is 4.15. The molecule has 2 rings (SSSR count). The standard InChI is InChI=1S/C13H26N2O/c1-13(2)5-3-6-15(10-13)12(8-14)11-4-7-16-9-11/h11-12H,3-10,14H2,1-2H3. The van der Waals surface area contributed by atoms with E-state index in [-0.39, 0.29) is 0 Å². The lowest BCUT2D eigenvalue weighted by atomic mass is 9.82. The maximum atomic E-state index is 5.97. The summed E-state index contributed by atoms with van der Waals surface area (Å²) >= 11 is 0. The van der Waals surface area contributed by atoms with E-state index in [1.807, 2.05) is 0 Å². The van der Waals surface area contributed by atoms with Crippen molar-refractivity contribution in [3.8, 4) is 0 Å². The van der Waals surface area contributed by atoms with Crippen LogP contribution in [0.3, 0.4) is 0 Å². The topological polar surface area (TPSA) is 38.5 Å². The zero-order chi connectivity index (χ0) is 11.6. The average Bonchev–Trinajstić information content (AvgIpc) is 2.71. The monoisotopic (exact) mass is 226 g/mol. The Balaban J connectivity index is 1.97. The normalized spacial score (nSPS) is 32.8. The summed E-state index contributed by atoms with van der Waals surface area (Å²) in [5.41, 5.74) is 6.44. The van der Waals surface area contributed by atoms with Crippen LogP contribution in [0.1, 0.15) is 33.1 Å². The van der Waals surface area contributed by atoms with Crippen LogP contribution in [-0.4, -0.2) is 43.8 Å². The number of piperidine rings is 1. The molecule has 0 aromatic carbocycles. The molecule has 2 heterocycles. The van der Waals surface area contributed by atoms with Gasteiger partial charge in [-0.05, 0) is 31.2 Å². The molecule has 3 nitrogen and oxygen atoms in total. The lowest BCUT2D eigenvalue weighted by molar-refractivity contribution is 0.0507. The minimum atomic E-state index is 0.463. The summed E-state index contributed by atoms with van der Waals surface area (Å²) in [5, 5.41) is 0. The van der Waals surface area contributed by atoms with E-state index in [9.17, 15) is 0 Å². The Morgan fingerprint density at radius 2 is 2.31 bits per heavy atom. The predicted molar refractivity (Wildman–Crippen MR) is 66.4 cm³/mol. The van der Waals surface area contributed by atoms with E-state index >= 15 is 0 Å². The fourth-order valence-electron chi connectivity index (χ4n) is 3.25. The smallest absolute Gasteiger partial charge is 0.0510 e. The molecule has 2 saturated heterocycles. The second-order valence-corrected chi connectivity index (χ2v) is 6.16. The molecule has 2 unspecified atom stereocenters. The lowest BCUT2D eigenvalue weighted by Gasteiger charge is -2.43. The van der Waals surface area contributed by atoms with Crippen molar-refractivity contribution in [1.82, 2.24) is 4.90 Å². The van der Waals surface area contributed by atoms with E-state index in [1.165, 1.54) is 32.4 Å². The largest absolute Gasteiger partial charge is 0.381 e. The van der Waals surface area contributed by atoms with Gasteiger partial charge in [0.1, 0.15) is 0 Å². The Morgan fingerprint density at radius 1 is 1.50 bits per heavy atom. The third kappa shape index (κ3) is 2.76. The maximum Gasteiger partial charge on any atom is 0.0510 e. The fourth-order valence-corrected chi connectivity index (χ4v) is 3.25. The molecule has 0 spiro atoms. The quantitative estimate of drug-likeness (QED) is 0.792. The first-order valence-electron chi connectivity index (χ1n) is 6.64. The highest BCUT2D eigenvalue weighted by molar-refractivity contribution is 4.88. The first kappa shape index (κ1) is 12.3. The van der Waals surface area contributed by atoms with Crippen molar-refractivity contribution < 1.29 is 4.74 Å². The van der Waals surface area contributed by atoms with Gasteiger partial charge in [-0.25, -0.2) is 0 Å². The molecular formula is C13H26N2O. The molecule has 2 fully saturated rings. The summed E-state index contributed by atoms with van der Waals surface area (Å²) in [6.07, 6.45) is 3.86. The van der Waals surface area contributed by atoms with Crippen LogP contribution >= 0.6 is 0 Å². The molecule has 2 aliphatic rings. The van der Waals surface area contributed by atoms with Crippen LogP contribution < -0.4 is 5.73 Å². The van der Waals surface area contributed by atoms with Crippen LogP contribution in [0.5, 0.6) is 0 Å². The minimum absolute atomic E-state index is 0.463. The molecule has 0 radical (unpaired) electrons. The van der Waals surface area contributed by atoms with Gasteiger partial charge in [0.2, 0.25) is 0 Å². The van der Waals surface area contributed by atoms with E-state index in [2.05, 4.69) is 18.7 Å². The maximum absolute atomic E-state index is 5.97. The molecular weight excluding hydrogens is 200 g/mol. The highest BCUT2D eigenvalue weighted by atomic mass is 16.5. The summed E-state index contributed by atoms with van der Waals surface area (Å²) in [6, 6.07) is 0.544. The summed E-state index contributed by atoms with van der Waals surface area (Å²) in [6.45, 7) is 9.80. The van der Waals surface area contributed by atoms with Crippen LogP contribution in [0, 0.1) is 11.3 Å². The van der Waals surface area contributed by atoms with Gasteiger partial charge in [-0.1, -0.05) is 13.8 Å². The number of nitrogens with two attached hydrogens (primary N) is 1. The van der Waals surface area contributed by atoms with Crippen LogP contribution in [0.4, 0.5) is 0 Å². The molecule has 0 saturated carbocycles. The predicted octanol–water partition coefficient (Wildman–Crippen LogP) is 1.47. The molecule has 2 atom stereocenters. The number of rotatable bonds is 3. The Bertz CT molecular complexity index is 224. The van der Waals surface area contributed by atoms with Gasteiger partial charge in [-0.3, -0.25) is 4.90 Å². The van der Waals surface area contributed by atoms with Gasteiger partial charge < -0.3 is 10.5 Å². The van der Waals surface area contributed by atoms with Crippen molar-refractivity contribution in [2.45, 2.75) is 39.2 Å². The summed E-state index contributed by atoms with van der Waals surface area (Å²) in [7, 11) is 0. The minimum Gasteiger partial charge on any atom is -0.381 e. The highest BCUT2D eigenvalue weighted by Crippen LogP contribution is 2.32. The van der Waals surface area contributed by atoms with E-state index in [0.717, 1.165) is 19.8 Å². The number of nitrogens with zero attached hydrogens (tertiary/aromatic N) is 1. The first-order valence-corrected chi connectivity index (χ1v) is 6.64. The van der Waals surface area contributed by atoms with Crippen molar-refractivity contribution in [1.29, 1.82) is 0 Å². The van der Waals surface area contributed by atoms with Gasteiger partial charge in [0.15, 0.2) is 0 Å². The van der Waals surface area contributed by atoms with Crippen LogP contribution in [0.2, 0.25) is 0 Å². The second kappa shape index (κ2) is 5.03. The molecule has 2 N–H and O–H groups in total. The SMILES string of the molecule is CC1(C)CCCN(C(CN)C2CCOC2)C1. The molecule has 0 aromatic heterocycles. The van der Waals surface area contributed by atoms with Crippen molar-refractivity contribution >= 4 is 0 Å². The zero-order valence-electron chi connectivity index (χ0n) is 10.7. The molecule has 0 bridgehead atoms. The summed E-state index contributed by atoms with van der Waals surface area (Å²) < 4.78 is 5.50. The first-order chi connectivity index (χ1) is 7.62. The Morgan fingerprint density at radius 3 is 2.88 bits per heavy atom. The van der Waals surface area contributed by atoms with Crippen molar-refractivity contribution in [2.75, 3.05) is 32.8 Å². The molecule has 0 aliphatic carbocycles. The number of hydrogen-bond donors (Lipinski definition) is 1. The molecule has 94 valence electrons. The van der Waals surface area contributed by atoms with Crippen molar-refractivity contribution in [3.05, 3.63) is 0 Å². The van der Waals surface area contributed by atoms with Crippen LogP contribution in [0.15, 0.2) is 0 Å². The van der Waals surface area contributed by atoms with Crippen molar-refractivity contribution in [2.24, 2.45) is 17.1 Å². The Hall–Kier alpha value is -0.120. The van der Waals surface area contributed by atoms with Crippen LogP contribution in [0.25, 0.3) is 0 Å². The lowest BCUT2D eigenvalue weighted by Crippen LogP contribution is -2.52. The van der Waals surface area contributed by atoms with Crippen LogP contribution in [-0.2, 0) is 4.74 Å². The van der Waals surface area contributed by atoms with Gasteiger partial charge in [0.05, 0.1) is 6.61 Å². The summed E-state index contributed by atoms with van der Waals surface area (Å²) in [5.74, 6) is 0.666. The van der Waals surface area contributed by atoms with E-state index in [4.69, 9.17) is 10.5 Å².